The number of carbonyl (C=O) groups is 4. The lowest BCUT2D eigenvalue weighted by Crippen LogP contribution is -2.29. The lowest BCUT2D eigenvalue weighted by molar-refractivity contribution is 0.0687. The molecular weight excluding hydrogens is 292 g/mol. The van der Waals surface area contributed by atoms with Crippen LogP contribution in [-0.2, 0) is 0 Å². The average Bonchev–Trinajstić information content (AvgIpc) is 2.46. The van der Waals surface area contributed by atoms with E-state index in [1.807, 2.05) is 0 Å². The smallest absolute Gasteiger partial charge is 0.336 e. The van der Waals surface area contributed by atoms with E-state index in [0.29, 0.717) is 0 Å². The molecule has 4 N–H and O–H groups in total. The van der Waals surface area contributed by atoms with Crippen molar-refractivity contribution in [3.63, 3.8) is 0 Å². The standard InChI is InChI=1S/C14H16N2O6/c1-3-15-11(17)7-5-8(12(18)16-4-2)10(14(21)22)6-9(7)13(19)20/h5-6H,3-4H2,1-2H3,(H,15,17)(H,16,18)(H,19,20)(H,21,22). The normalized spacial score (nSPS) is 9.91. The van der Waals surface area contributed by atoms with Crippen molar-refractivity contribution in [3.05, 3.63) is 34.4 Å². The van der Waals surface area contributed by atoms with Crippen LogP contribution in [0.15, 0.2) is 12.1 Å². The molecule has 0 aromatic heterocycles. The van der Waals surface area contributed by atoms with Crippen LogP contribution < -0.4 is 10.6 Å². The number of benzene rings is 1. The number of aromatic carboxylic acids is 2. The second-order valence-electron chi connectivity index (χ2n) is 4.27. The molecule has 1 aromatic carbocycles. The van der Waals surface area contributed by atoms with Crippen LogP contribution in [0.1, 0.15) is 55.3 Å². The minimum atomic E-state index is -1.45. The van der Waals surface area contributed by atoms with Gasteiger partial charge in [0.1, 0.15) is 0 Å². The first kappa shape index (κ1) is 17.2. The van der Waals surface area contributed by atoms with Gasteiger partial charge in [0.15, 0.2) is 0 Å². The Bertz CT molecular complexity index is 587. The fourth-order valence-electron chi connectivity index (χ4n) is 1.84. The molecule has 0 aliphatic heterocycles. The Morgan fingerprint density at radius 1 is 0.773 bits per heavy atom. The van der Waals surface area contributed by atoms with Gasteiger partial charge in [-0.2, -0.15) is 0 Å². The first-order valence-corrected chi connectivity index (χ1v) is 6.54. The number of carbonyl (C=O) groups excluding carboxylic acids is 2. The topological polar surface area (TPSA) is 133 Å². The van der Waals surface area contributed by atoms with Crippen LogP contribution in [0.5, 0.6) is 0 Å². The summed E-state index contributed by atoms with van der Waals surface area (Å²) in [4.78, 5) is 46.3. The van der Waals surface area contributed by atoms with Crippen molar-refractivity contribution in [3.8, 4) is 0 Å². The fourth-order valence-corrected chi connectivity index (χ4v) is 1.84. The first-order valence-electron chi connectivity index (χ1n) is 6.54. The van der Waals surface area contributed by atoms with Crippen molar-refractivity contribution in [2.75, 3.05) is 13.1 Å². The Labute approximate surface area is 126 Å². The van der Waals surface area contributed by atoms with Gasteiger partial charge in [-0.3, -0.25) is 9.59 Å². The largest absolute Gasteiger partial charge is 0.478 e. The van der Waals surface area contributed by atoms with Gasteiger partial charge in [-0.15, -0.1) is 0 Å². The number of rotatable bonds is 6. The van der Waals surface area contributed by atoms with Crippen LogP contribution >= 0.6 is 0 Å². The predicted molar refractivity (Wildman–Crippen MR) is 76.4 cm³/mol. The maximum Gasteiger partial charge on any atom is 0.336 e. The SMILES string of the molecule is CCNC(=O)c1cc(C(=O)NCC)c(C(=O)O)cc1C(=O)O. The highest BCUT2D eigenvalue weighted by atomic mass is 16.4. The summed E-state index contributed by atoms with van der Waals surface area (Å²) in [5.74, 6) is -4.29. The molecule has 118 valence electrons. The van der Waals surface area contributed by atoms with Gasteiger partial charge < -0.3 is 20.8 Å². The molecule has 8 heteroatoms. The Kier molecular flexibility index (Phi) is 5.62. The minimum absolute atomic E-state index is 0.259. The number of carboxylic acids is 2. The molecule has 0 saturated carbocycles. The van der Waals surface area contributed by atoms with E-state index in [0.717, 1.165) is 12.1 Å². The van der Waals surface area contributed by atoms with Crippen molar-refractivity contribution in [1.82, 2.24) is 10.6 Å². The lowest BCUT2D eigenvalue weighted by Gasteiger charge is -2.12. The molecule has 0 fully saturated rings. The van der Waals surface area contributed by atoms with Gasteiger partial charge in [0, 0.05) is 13.1 Å². The summed E-state index contributed by atoms with van der Waals surface area (Å²) in [6.45, 7) is 3.81. The molecule has 22 heavy (non-hydrogen) atoms. The quantitative estimate of drug-likeness (QED) is 0.607. The predicted octanol–water partition coefficient (Wildman–Crippen LogP) is 0.582. The Morgan fingerprint density at radius 3 is 1.36 bits per heavy atom. The Balaban J connectivity index is 3.58. The monoisotopic (exact) mass is 308 g/mol. The summed E-state index contributed by atoms with van der Waals surface area (Å²) < 4.78 is 0. The van der Waals surface area contributed by atoms with E-state index in [2.05, 4.69) is 10.6 Å². The average molecular weight is 308 g/mol. The molecular formula is C14H16N2O6. The van der Waals surface area contributed by atoms with Crippen molar-refractivity contribution < 1.29 is 29.4 Å². The third-order valence-corrected chi connectivity index (χ3v) is 2.78. The third kappa shape index (κ3) is 3.60. The number of hydrogen-bond donors (Lipinski definition) is 4. The summed E-state index contributed by atoms with van der Waals surface area (Å²) in [7, 11) is 0. The van der Waals surface area contributed by atoms with Gasteiger partial charge in [-0.25, -0.2) is 9.59 Å². The van der Waals surface area contributed by atoms with Gasteiger partial charge in [0.25, 0.3) is 11.8 Å². The van der Waals surface area contributed by atoms with Crippen LogP contribution in [0.2, 0.25) is 0 Å². The van der Waals surface area contributed by atoms with E-state index in [4.69, 9.17) is 10.2 Å². The van der Waals surface area contributed by atoms with Crippen LogP contribution in [0.3, 0.4) is 0 Å². The molecule has 0 bridgehead atoms. The minimum Gasteiger partial charge on any atom is -0.478 e. The van der Waals surface area contributed by atoms with Gasteiger partial charge in [0.2, 0.25) is 0 Å². The molecule has 0 heterocycles. The summed E-state index contributed by atoms with van der Waals surface area (Å²) >= 11 is 0. The number of amides is 2. The van der Waals surface area contributed by atoms with E-state index < -0.39 is 34.9 Å². The fraction of sp³-hybridized carbons (Fsp3) is 0.286. The van der Waals surface area contributed by atoms with Crippen LogP contribution in [0, 0.1) is 0 Å². The molecule has 0 unspecified atom stereocenters. The molecule has 0 radical (unpaired) electrons. The van der Waals surface area contributed by atoms with Gasteiger partial charge in [-0.05, 0) is 26.0 Å². The molecule has 8 nitrogen and oxygen atoms in total. The Hall–Kier alpha value is -2.90. The zero-order valence-electron chi connectivity index (χ0n) is 12.1. The molecule has 0 spiro atoms. The third-order valence-electron chi connectivity index (χ3n) is 2.78. The maximum absolute atomic E-state index is 11.9. The van der Waals surface area contributed by atoms with Gasteiger partial charge in [0.05, 0.1) is 22.3 Å². The second-order valence-corrected chi connectivity index (χ2v) is 4.27. The van der Waals surface area contributed by atoms with Crippen LogP contribution in [0.25, 0.3) is 0 Å². The molecule has 0 aliphatic carbocycles. The first-order chi connectivity index (χ1) is 10.3. The molecule has 1 rings (SSSR count). The van der Waals surface area contributed by atoms with Gasteiger partial charge in [-0.1, -0.05) is 0 Å². The summed E-state index contributed by atoms with van der Waals surface area (Å²) in [5.41, 5.74) is -1.48. The maximum atomic E-state index is 11.9. The highest BCUT2D eigenvalue weighted by Gasteiger charge is 2.25. The molecule has 1 aromatic rings. The van der Waals surface area contributed by atoms with E-state index in [9.17, 15) is 19.2 Å². The highest BCUT2D eigenvalue weighted by Crippen LogP contribution is 2.18. The van der Waals surface area contributed by atoms with Crippen molar-refractivity contribution in [1.29, 1.82) is 0 Å². The van der Waals surface area contributed by atoms with Crippen molar-refractivity contribution >= 4 is 23.8 Å². The Morgan fingerprint density at radius 2 is 1.09 bits per heavy atom. The lowest BCUT2D eigenvalue weighted by atomic mass is 9.97. The zero-order chi connectivity index (χ0) is 16.9. The zero-order valence-corrected chi connectivity index (χ0v) is 12.1. The highest BCUT2D eigenvalue weighted by molar-refractivity contribution is 6.11. The molecule has 2 amide bonds. The van der Waals surface area contributed by atoms with Crippen LogP contribution in [0.4, 0.5) is 0 Å². The summed E-state index contributed by atoms with van der Waals surface area (Å²) in [6.07, 6.45) is 0. The number of carboxylic acid groups (broad SMARTS) is 2. The van der Waals surface area contributed by atoms with Crippen molar-refractivity contribution in [2.45, 2.75) is 13.8 Å². The van der Waals surface area contributed by atoms with Gasteiger partial charge >= 0.3 is 11.9 Å². The molecule has 0 aliphatic rings. The summed E-state index contributed by atoms with van der Waals surface area (Å²) in [5, 5.41) is 23.1. The van der Waals surface area contributed by atoms with Crippen LogP contribution in [-0.4, -0.2) is 47.1 Å². The molecule has 0 atom stereocenters. The number of nitrogens with one attached hydrogen (secondary N) is 2. The van der Waals surface area contributed by atoms with E-state index in [-0.39, 0.29) is 24.2 Å². The second kappa shape index (κ2) is 7.21. The van der Waals surface area contributed by atoms with E-state index in [1.54, 1.807) is 13.8 Å². The van der Waals surface area contributed by atoms with E-state index >= 15 is 0 Å². The molecule has 0 saturated heterocycles. The van der Waals surface area contributed by atoms with E-state index in [1.165, 1.54) is 0 Å². The summed E-state index contributed by atoms with van der Waals surface area (Å²) in [6, 6.07) is 1.81. The number of hydrogen-bond acceptors (Lipinski definition) is 4. The van der Waals surface area contributed by atoms with Crippen molar-refractivity contribution in [2.24, 2.45) is 0 Å².